The molecule has 1 heterocycles. The molecule has 2 aromatic rings. The first kappa shape index (κ1) is 13.2. The Bertz CT molecular complexity index is 663. The largest absolute Gasteiger partial charge is 0.363 e. The van der Waals surface area contributed by atoms with Gasteiger partial charge in [0, 0.05) is 5.02 Å². The number of hydrogen-bond acceptors (Lipinski definition) is 5. The highest BCUT2D eigenvalue weighted by molar-refractivity contribution is 6.30. The molecule has 0 aliphatic carbocycles. The first-order valence-corrected chi connectivity index (χ1v) is 5.93. The summed E-state index contributed by atoms with van der Waals surface area (Å²) >= 11 is 5.82. The van der Waals surface area contributed by atoms with Gasteiger partial charge in [0.2, 0.25) is 0 Å². The van der Waals surface area contributed by atoms with Gasteiger partial charge in [0.15, 0.2) is 5.82 Å². The Morgan fingerprint density at radius 1 is 1.37 bits per heavy atom. The van der Waals surface area contributed by atoms with E-state index < -0.39 is 5.69 Å². The van der Waals surface area contributed by atoms with E-state index in [2.05, 4.69) is 25.7 Å². The fourth-order valence-corrected chi connectivity index (χ4v) is 1.52. The second-order valence-corrected chi connectivity index (χ2v) is 4.33. The normalized spacial score (nSPS) is 11.4. The van der Waals surface area contributed by atoms with Crippen LogP contribution < -0.4 is 11.1 Å². The molecular weight excluding hydrogens is 266 g/mol. The fourth-order valence-electron chi connectivity index (χ4n) is 1.39. The SMILES string of the molecule is C/C(=N\Nc1nc(=O)[nH]nc1C)c1ccc(Cl)cc1. The first-order valence-electron chi connectivity index (χ1n) is 5.56. The fraction of sp³-hybridized carbons (Fsp3) is 0.167. The van der Waals surface area contributed by atoms with E-state index in [1.54, 1.807) is 19.1 Å². The Morgan fingerprint density at radius 3 is 2.74 bits per heavy atom. The maximum absolute atomic E-state index is 11.1. The maximum atomic E-state index is 11.1. The number of nitrogens with one attached hydrogen (secondary N) is 2. The summed E-state index contributed by atoms with van der Waals surface area (Å²) in [6.45, 7) is 3.56. The summed E-state index contributed by atoms with van der Waals surface area (Å²) in [5.74, 6) is 0.331. The van der Waals surface area contributed by atoms with Crippen LogP contribution in [0.5, 0.6) is 0 Å². The van der Waals surface area contributed by atoms with Crippen LogP contribution in [-0.2, 0) is 0 Å². The molecule has 0 aliphatic rings. The van der Waals surface area contributed by atoms with Crippen molar-refractivity contribution in [3.8, 4) is 0 Å². The zero-order valence-electron chi connectivity index (χ0n) is 10.4. The van der Waals surface area contributed by atoms with Crippen LogP contribution in [0.4, 0.5) is 5.82 Å². The molecule has 19 heavy (non-hydrogen) atoms. The van der Waals surface area contributed by atoms with Gasteiger partial charge in [-0.05, 0) is 31.5 Å². The molecule has 1 aromatic carbocycles. The van der Waals surface area contributed by atoms with Crippen molar-refractivity contribution in [2.45, 2.75) is 13.8 Å². The highest BCUT2D eigenvalue weighted by Gasteiger charge is 2.02. The van der Waals surface area contributed by atoms with Crippen molar-refractivity contribution in [2.24, 2.45) is 5.10 Å². The number of hydrogen-bond donors (Lipinski definition) is 2. The van der Waals surface area contributed by atoms with E-state index in [-0.39, 0.29) is 0 Å². The van der Waals surface area contributed by atoms with Crippen molar-refractivity contribution >= 4 is 23.1 Å². The maximum Gasteiger partial charge on any atom is 0.363 e. The second kappa shape index (κ2) is 5.62. The number of hydrazone groups is 1. The Hall–Kier alpha value is -2.21. The van der Waals surface area contributed by atoms with Gasteiger partial charge in [0.05, 0.1) is 5.71 Å². The number of halogens is 1. The van der Waals surface area contributed by atoms with Crippen LogP contribution >= 0.6 is 11.6 Å². The first-order chi connectivity index (χ1) is 9.06. The van der Waals surface area contributed by atoms with Crippen LogP contribution in [0.15, 0.2) is 34.2 Å². The van der Waals surface area contributed by atoms with E-state index in [1.807, 2.05) is 19.1 Å². The zero-order valence-corrected chi connectivity index (χ0v) is 11.2. The number of H-pyrrole nitrogens is 1. The lowest BCUT2D eigenvalue weighted by Crippen LogP contribution is -2.16. The molecule has 0 radical (unpaired) electrons. The summed E-state index contributed by atoms with van der Waals surface area (Å²) in [6.07, 6.45) is 0. The topological polar surface area (TPSA) is 83.0 Å². The molecule has 0 saturated carbocycles. The molecule has 1 aromatic heterocycles. The van der Waals surface area contributed by atoms with E-state index in [0.717, 1.165) is 11.3 Å². The van der Waals surface area contributed by atoms with Crippen LogP contribution in [0.25, 0.3) is 0 Å². The van der Waals surface area contributed by atoms with Gasteiger partial charge < -0.3 is 0 Å². The predicted molar refractivity (Wildman–Crippen MR) is 74.7 cm³/mol. The van der Waals surface area contributed by atoms with Gasteiger partial charge in [0.25, 0.3) is 0 Å². The van der Waals surface area contributed by atoms with Crippen molar-refractivity contribution in [2.75, 3.05) is 5.43 Å². The van der Waals surface area contributed by atoms with E-state index in [0.29, 0.717) is 16.5 Å². The lowest BCUT2D eigenvalue weighted by atomic mass is 10.1. The van der Waals surface area contributed by atoms with Gasteiger partial charge in [0.1, 0.15) is 5.69 Å². The molecule has 0 amide bonds. The summed E-state index contributed by atoms with van der Waals surface area (Å²) in [5.41, 5.74) is 4.44. The highest BCUT2D eigenvalue weighted by Crippen LogP contribution is 2.11. The van der Waals surface area contributed by atoms with Gasteiger partial charge in [-0.15, -0.1) is 0 Å². The Kier molecular flexibility index (Phi) is 3.91. The molecule has 98 valence electrons. The number of aromatic nitrogens is 3. The van der Waals surface area contributed by atoms with Crippen LogP contribution in [0, 0.1) is 6.92 Å². The average molecular weight is 278 g/mol. The monoisotopic (exact) mass is 277 g/mol. The number of nitrogens with zero attached hydrogens (tertiary/aromatic N) is 3. The van der Waals surface area contributed by atoms with Crippen molar-refractivity contribution in [1.82, 2.24) is 15.2 Å². The summed E-state index contributed by atoms with van der Waals surface area (Å²) < 4.78 is 0. The summed E-state index contributed by atoms with van der Waals surface area (Å²) in [5, 5.41) is 10.9. The third-order valence-electron chi connectivity index (χ3n) is 2.47. The minimum atomic E-state index is -0.521. The molecule has 0 atom stereocenters. The predicted octanol–water partition coefficient (Wildman–Crippen LogP) is 1.96. The van der Waals surface area contributed by atoms with Crippen LogP contribution in [-0.4, -0.2) is 20.9 Å². The van der Waals surface area contributed by atoms with Gasteiger partial charge in [-0.25, -0.2) is 9.89 Å². The van der Waals surface area contributed by atoms with Gasteiger partial charge in [-0.3, -0.25) is 5.43 Å². The van der Waals surface area contributed by atoms with Crippen molar-refractivity contribution in [3.05, 3.63) is 51.0 Å². The van der Waals surface area contributed by atoms with E-state index in [1.165, 1.54) is 0 Å². The molecule has 0 spiro atoms. The third-order valence-corrected chi connectivity index (χ3v) is 2.72. The quantitative estimate of drug-likeness (QED) is 0.664. The second-order valence-electron chi connectivity index (χ2n) is 3.89. The minimum Gasteiger partial charge on any atom is -0.259 e. The molecule has 0 unspecified atom stereocenters. The summed E-state index contributed by atoms with van der Waals surface area (Å²) in [7, 11) is 0. The van der Waals surface area contributed by atoms with Crippen LogP contribution in [0.1, 0.15) is 18.2 Å². The summed E-state index contributed by atoms with van der Waals surface area (Å²) in [6, 6.07) is 7.29. The smallest absolute Gasteiger partial charge is 0.259 e. The lowest BCUT2D eigenvalue weighted by molar-refractivity contribution is 0.879. The van der Waals surface area contributed by atoms with Crippen LogP contribution in [0.3, 0.4) is 0 Å². The standard InChI is InChI=1S/C12H12ClN5O/c1-7(9-3-5-10(13)6-4-9)15-17-11-8(2)16-18-12(19)14-11/h3-6H,1-2H3,(H2,14,17,18,19)/b15-7+. The molecule has 0 bridgehead atoms. The molecule has 2 N–H and O–H groups in total. The van der Waals surface area contributed by atoms with E-state index in [9.17, 15) is 4.79 Å². The Morgan fingerprint density at radius 2 is 2.05 bits per heavy atom. The number of anilines is 1. The average Bonchev–Trinajstić information content (AvgIpc) is 2.40. The molecule has 0 aliphatic heterocycles. The Labute approximate surface area is 114 Å². The number of aromatic amines is 1. The molecule has 2 rings (SSSR count). The molecular formula is C12H12ClN5O. The highest BCUT2D eigenvalue weighted by atomic mass is 35.5. The van der Waals surface area contributed by atoms with Crippen molar-refractivity contribution in [3.63, 3.8) is 0 Å². The third kappa shape index (κ3) is 3.38. The number of rotatable bonds is 3. The molecule has 6 nitrogen and oxygen atoms in total. The van der Waals surface area contributed by atoms with Gasteiger partial charge >= 0.3 is 5.69 Å². The lowest BCUT2D eigenvalue weighted by Gasteiger charge is -2.04. The summed E-state index contributed by atoms with van der Waals surface area (Å²) in [4.78, 5) is 14.8. The van der Waals surface area contributed by atoms with E-state index in [4.69, 9.17) is 11.6 Å². The number of aryl methyl sites for hydroxylation is 1. The van der Waals surface area contributed by atoms with Crippen LogP contribution in [0.2, 0.25) is 5.02 Å². The number of benzene rings is 1. The van der Waals surface area contributed by atoms with Crippen molar-refractivity contribution < 1.29 is 0 Å². The zero-order chi connectivity index (χ0) is 13.8. The van der Waals surface area contributed by atoms with E-state index >= 15 is 0 Å². The van der Waals surface area contributed by atoms with Gasteiger partial charge in [-0.1, -0.05) is 23.7 Å². The molecule has 0 fully saturated rings. The molecule has 7 heteroatoms. The Balaban J connectivity index is 2.20. The minimum absolute atomic E-state index is 0.331. The van der Waals surface area contributed by atoms with Gasteiger partial charge in [-0.2, -0.15) is 15.2 Å². The molecule has 0 saturated heterocycles. The van der Waals surface area contributed by atoms with Crippen molar-refractivity contribution in [1.29, 1.82) is 0 Å².